The third-order valence-corrected chi connectivity index (χ3v) is 3.27. The average molecular weight is 305 g/mol. The first-order valence-corrected chi connectivity index (χ1v) is 7.93. The zero-order valence-electron chi connectivity index (χ0n) is 13.4. The number of amides is 1. The number of benzene rings is 1. The Bertz CT molecular complexity index is 420. The van der Waals surface area contributed by atoms with Crippen molar-refractivity contribution in [3.63, 3.8) is 0 Å². The molecule has 1 rings (SSSR count). The molecule has 0 aliphatic carbocycles. The van der Waals surface area contributed by atoms with Crippen LogP contribution in [0.2, 0.25) is 0 Å². The molecule has 4 heteroatoms. The zero-order valence-corrected chi connectivity index (χ0v) is 13.4. The van der Waals surface area contributed by atoms with Crippen molar-refractivity contribution in [3.8, 4) is 0 Å². The highest BCUT2D eigenvalue weighted by molar-refractivity contribution is 5.67. The standard InChI is InChI=1S/C18H27NO3/c1-3-10-17(21-4-2)13-8-9-14-19-18(20)22-15-16-11-6-5-7-12-16/h3,5-7,11-12,17H,1,4,8-10,13-15H2,2H3,(H,19,20). The van der Waals surface area contributed by atoms with Gasteiger partial charge in [0.05, 0.1) is 6.10 Å². The molecule has 0 heterocycles. The van der Waals surface area contributed by atoms with Crippen LogP contribution in [0.5, 0.6) is 0 Å². The first-order valence-electron chi connectivity index (χ1n) is 7.93. The van der Waals surface area contributed by atoms with Gasteiger partial charge >= 0.3 is 6.09 Å². The van der Waals surface area contributed by atoms with E-state index in [1.54, 1.807) is 0 Å². The fourth-order valence-corrected chi connectivity index (χ4v) is 2.15. The number of hydrogen-bond donors (Lipinski definition) is 1. The van der Waals surface area contributed by atoms with Crippen molar-refractivity contribution in [2.24, 2.45) is 0 Å². The summed E-state index contributed by atoms with van der Waals surface area (Å²) in [6, 6.07) is 9.65. The summed E-state index contributed by atoms with van der Waals surface area (Å²) in [4.78, 5) is 11.5. The Kier molecular flexibility index (Phi) is 9.79. The van der Waals surface area contributed by atoms with E-state index in [0.29, 0.717) is 13.2 Å². The Morgan fingerprint density at radius 2 is 2.09 bits per heavy atom. The minimum atomic E-state index is -0.365. The van der Waals surface area contributed by atoms with Gasteiger partial charge in [-0.15, -0.1) is 6.58 Å². The first-order chi connectivity index (χ1) is 10.8. The molecule has 1 amide bonds. The summed E-state index contributed by atoms with van der Waals surface area (Å²) in [6.45, 7) is 7.40. The summed E-state index contributed by atoms with van der Waals surface area (Å²) in [5.74, 6) is 0. The highest BCUT2D eigenvalue weighted by Crippen LogP contribution is 2.09. The number of carbonyl (C=O) groups is 1. The van der Waals surface area contributed by atoms with Gasteiger partial charge in [-0.05, 0) is 38.2 Å². The molecular formula is C18H27NO3. The molecule has 0 bridgehead atoms. The average Bonchev–Trinajstić information content (AvgIpc) is 2.54. The van der Waals surface area contributed by atoms with Crippen LogP contribution in [0.15, 0.2) is 43.0 Å². The van der Waals surface area contributed by atoms with Gasteiger partial charge in [0.2, 0.25) is 0 Å². The predicted octanol–water partition coefficient (Wildman–Crippen LogP) is 4.06. The van der Waals surface area contributed by atoms with Crippen LogP contribution in [0.1, 0.15) is 38.2 Å². The minimum absolute atomic E-state index is 0.243. The summed E-state index contributed by atoms with van der Waals surface area (Å²) in [5.41, 5.74) is 0.988. The fourth-order valence-electron chi connectivity index (χ4n) is 2.15. The molecule has 1 atom stereocenters. The van der Waals surface area contributed by atoms with Crippen molar-refractivity contribution in [1.82, 2.24) is 5.32 Å². The van der Waals surface area contributed by atoms with E-state index in [2.05, 4.69) is 11.9 Å². The van der Waals surface area contributed by atoms with Crippen LogP contribution in [0.3, 0.4) is 0 Å². The van der Waals surface area contributed by atoms with Gasteiger partial charge in [0.15, 0.2) is 0 Å². The second kappa shape index (κ2) is 11.8. The van der Waals surface area contributed by atoms with E-state index < -0.39 is 0 Å². The Morgan fingerprint density at radius 1 is 1.32 bits per heavy atom. The molecule has 0 aromatic heterocycles. The molecule has 4 nitrogen and oxygen atoms in total. The Hall–Kier alpha value is -1.81. The van der Waals surface area contributed by atoms with Crippen LogP contribution >= 0.6 is 0 Å². The molecule has 0 aliphatic rings. The number of ether oxygens (including phenoxy) is 2. The Morgan fingerprint density at radius 3 is 2.77 bits per heavy atom. The van der Waals surface area contributed by atoms with Crippen LogP contribution in [-0.2, 0) is 16.1 Å². The number of rotatable bonds is 11. The van der Waals surface area contributed by atoms with E-state index in [1.165, 1.54) is 0 Å². The van der Waals surface area contributed by atoms with Gasteiger partial charge in [-0.1, -0.05) is 36.4 Å². The lowest BCUT2D eigenvalue weighted by molar-refractivity contribution is 0.0572. The molecule has 0 fully saturated rings. The number of alkyl carbamates (subject to hydrolysis) is 1. The van der Waals surface area contributed by atoms with Gasteiger partial charge in [0.25, 0.3) is 0 Å². The van der Waals surface area contributed by atoms with Gasteiger partial charge < -0.3 is 14.8 Å². The van der Waals surface area contributed by atoms with Crippen LogP contribution in [0.25, 0.3) is 0 Å². The van der Waals surface area contributed by atoms with Gasteiger partial charge in [0, 0.05) is 13.2 Å². The topological polar surface area (TPSA) is 47.6 Å². The van der Waals surface area contributed by atoms with Crippen LogP contribution in [-0.4, -0.2) is 25.3 Å². The third-order valence-electron chi connectivity index (χ3n) is 3.27. The van der Waals surface area contributed by atoms with Crippen molar-refractivity contribution < 1.29 is 14.3 Å². The highest BCUT2D eigenvalue weighted by atomic mass is 16.5. The molecular weight excluding hydrogens is 278 g/mol. The minimum Gasteiger partial charge on any atom is -0.445 e. The van der Waals surface area contributed by atoms with Crippen LogP contribution in [0, 0.1) is 0 Å². The van der Waals surface area contributed by atoms with E-state index >= 15 is 0 Å². The number of carbonyl (C=O) groups excluding carboxylic acids is 1. The lowest BCUT2D eigenvalue weighted by atomic mass is 10.1. The lowest BCUT2D eigenvalue weighted by Gasteiger charge is -2.14. The molecule has 1 aromatic rings. The fraction of sp³-hybridized carbons (Fsp3) is 0.500. The van der Waals surface area contributed by atoms with E-state index in [-0.39, 0.29) is 12.2 Å². The molecule has 122 valence electrons. The monoisotopic (exact) mass is 305 g/mol. The normalized spacial score (nSPS) is 11.7. The second-order valence-corrected chi connectivity index (χ2v) is 5.09. The summed E-state index contributed by atoms with van der Waals surface area (Å²) < 4.78 is 10.8. The number of hydrogen-bond acceptors (Lipinski definition) is 3. The lowest BCUT2D eigenvalue weighted by Crippen LogP contribution is -2.25. The molecule has 1 unspecified atom stereocenters. The molecule has 0 radical (unpaired) electrons. The van der Waals surface area contributed by atoms with E-state index in [0.717, 1.165) is 37.9 Å². The second-order valence-electron chi connectivity index (χ2n) is 5.09. The Balaban J connectivity index is 2.06. The SMILES string of the molecule is C=CCC(CCCCNC(=O)OCc1ccccc1)OCC. The molecule has 0 spiro atoms. The van der Waals surface area contributed by atoms with Crippen LogP contribution in [0.4, 0.5) is 4.79 Å². The van der Waals surface area contributed by atoms with Crippen LogP contribution < -0.4 is 5.32 Å². The molecule has 0 saturated heterocycles. The van der Waals surface area contributed by atoms with Crippen molar-refractivity contribution in [3.05, 3.63) is 48.6 Å². The maximum Gasteiger partial charge on any atom is 0.407 e. The smallest absolute Gasteiger partial charge is 0.407 e. The van der Waals surface area contributed by atoms with E-state index in [4.69, 9.17) is 9.47 Å². The largest absolute Gasteiger partial charge is 0.445 e. The van der Waals surface area contributed by atoms with Gasteiger partial charge in [0.1, 0.15) is 6.61 Å². The van der Waals surface area contributed by atoms with Crippen molar-refractivity contribution >= 4 is 6.09 Å². The maximum atomic E-state index is 11.5. The van der Waals surface area contributed by atoms with Crippen molar-refractivity contribution in [2.75, 3.05) is 13.2 Å². The molecule has 1 N–H and O–H groups in total. The first kappa shape index (κ1) is 18.2. The number of unbranched alkanes of at least 4 members (excludes halogenated alkanes) is 1. The summed E-state index contributed by atoms with van der Waals surface area (Å²) in [5, 5.41) is 2.77. The van der Waals surface area contributed by atoms with Gasteiger partial charge in [-0.2, -0.15) is 0 Å². The summed E-state index contributed by atoms with van der Waals surface area (Å²) in [7, 11) is 0. The van der Waals surface area contributed by atoms with Gasteiger partial charge in [-0.25, -0.2) is 4.79 Å². The molecule has 1 aromatic carbocycles. The van der Waals surface area contributed by atoms with E-state index in [1.807, 2.05) is 43.3 Å². The predicted molar refractivity (Wildman–Crippen MR) is 88.7 cm³/mol. The Labute approximate surface area is 133 Å². The maximum absolute atomic E-state index is 11.5. The van der Waals surface area contributed by atoms with Crippen molar-refractivity contribution in [1.29, 1.82) is 0 Å². The molecule has 22 heavy (non-hydrogen) atoms. The number of nitrogens with one attached hydrogen (secondary N) is 1. The van der Waals surface area contributed by atoms with E-state index in [9.17, 15) is 4.79 Å². The molecule has 0 saturated carbocycles. The third kappa shape index (κ3) is 8.47. The summed E-state index contributed by atoms with van der Waals surface area (Å²) in [6.07, 6.45) is 5.56. The quantitative estimate of drug-likeness (QED) is 0.495. The van der Waals surface area contributed by atoms with Gasteiger partial charge in [-0.3, -0.25) is 0 Å². The zero-order chi connectivity index (χ0) is 16.0. The highest BCUT2D eigenvalue weighted by Gasteiger charge is 2.06. The summed E-state index contributed by atoms with van der Waals surface area (Å²) >= 11 is 0. The molecule has 0 aliphatic heterocycles. The van der Waals surface area contributed by atoms with Crippen molar-refractivity contribution in [2.45, 2.75) is 45.3 Å².